The number of benzene rings is 2. The van der Waals surface area contributed by atoms with Crippen molar-refractivity contribution in [2.24, 2.45) is 0 Å². The van der Waals surface area contributed by atoms with Crippen molar-refractivity contribution in [1.29, 1.82) is 0 Å². The normalized spacial score (nSPS) is 10.4. The molecule has 18 heavy (non-hydrogen) atoms. The lowest BCUT2D eigenvalue weighted by Crippen LogP contribution is -2.06. The fourth-order valence-electron chi connectivity index (χ4n) is 1.60. The van der Waals surface area contributed by atoms with Crippen molar-refractivity contribution in [3.8, 4) is 0 Å². The van der Waals surface area contributed by atoms with E-state index in [-0.39, 0.29) is 23.8 Å². The van der Waals surface area contributed by atoms with E-state index in [1.165, 1.54) is 30.3 Å². The van der Waals surface area contributed by atoms with Gasteiger partial charge in [0.2, 0.25) is 0 Å². The highest BCUT2D eigenvalue weighted by molar-refractivity contribution is 14.1. The summed E-state index contributed by atoms with van der Waals surface area (Å²) in [6.07, 6.45) is 0.182. The van der Waals surface area contributed by atoms with E-state index in [2.05, 4.69) is 0 Å². The molecular weight excluding hydrogens is 349 g/mol. The standard InChI is InChI=1S/C14H9F2IO/c15-10-3-1-9(2-4-10)7-14(18)12-6-5-11(16)8-13(12)17/h1-6,8H,7H2. The summed E-state index contributed by atoms with van der Waals surface area (Å²) in [4.78, 5) is 12.0. The van der Waals surface area contributed by atoms with Crippen molar-refractivity contribution in [3.63, 3.8) is 0 Å². The molecular formula is C14H9F2IO. The van der Waals surface area contributed by atoms with Gasteiger partial charge in [0.05, 0.1) is 0 Å². The van der Waals surface area contributed by atoms with E-state index in [1.54, 1.807) is 12.1 Å². The Morgan fingerprint density at radius 3 is 2.22 bits per heavy atom. The summed E-state index contributed by atoms with van der Waals surface area (Å²) < 4.78 is 26.2. The second kappa shape index (κ2) is 5.56. The third-order valence-corrected chi connectivity index (χ3v) is 3.40. The summed E-state index contributed by atoms with van der Waals surface area (Å²) in [5, 5.41) is 0. The largest absolute Gasteiger partial charge is 0.294 e. The van der Waals surface area contributed by atoms with E-state index >= 15 is 0 Å². The molecule has 0 heterocycles. The first-order valence-electron chi connectivity index (χ1n) is 5.29. The molecule has 0 saturated heterocycles. The molecule has 1 nitrogen and oxygen atoms in total. The van der Waals surface area contributed by atoms with Gasteiger partial charge in [-0.25, -0.2) is 8.78 Å². The zero-order valence-corrected chi connectivity index (χ0v) is 11.4. The van der Waals surface area contributed by atoms with E-state index < -0.39 is 0 Å². The van der Waals surface area contributed by atoms with Crippen LogP contribution in [0, 0.1) is 15.2 Å². The zero-order chi connectivity index (χ0) is 13.1. The quantitative estimate of drug-likeness (QED) is 0.599. The third kappa shape index (κ3) is 3.13. The molecule has 0 unspecified atom stereocenters. The fourth-order valence-corrected chi connectivity index (χ4v) is 2.38. The number of ketones is 1. The number of carbonyl (C=O) groups excluding carboxylic acids is 1. The van der Waals surface area contributed by atoms with Gasteiger partial charge in [-0.1, -0.05) is 12.1 Å². The van der Waals surface area contributed by atoms with Gasteiger partial charge in [-0.3, -0.25) is 4.79 Å². The van der Waals surface area contributed by atoms with Crippen LogP contribution >= 0.6 is 22.6 Å². The molecule has 0 aromatic heterocycles. The van der Waals surface area contributed by atoms with E-state index in [1.807, 2.05) is 22.6 Å². The predicted molar refractivity (Wildman–Crippen MR) is 73.6 cm³/mol. The average Bonchev–Trinajstić information content (AvgIpc) is 2.32. The van der Waals surface area contributed by atoms with Gasteiger partial charge in [-0.15, -0.1) is 0 Å². The number of Topliss-reactive ketones (excluding diaryl/α,β-unsaturated/α-hetero) is 1. The molecule has 0 radical (unpaired) electrons. The first-order chi connectivity index (χ1) is 8.56. The average molecular weight is 358 g/mol. The van der Waals surface area contributed by atoms with E-state index in [0.717, 1.165) is 5.56 Å². The van der Waals surface area contributed by atoms with Gasteiger partial charge < -0.3 is 0 Å². The van der Waals surface area contributed by atoms with Crippen LogP contribution in [0.15, 0.2) is 42.5 Å². The van der Waals surface area contributed by atoms with Crippen LogP contribution in [0.2, 0.25) is 0 Å². The maximum Gasteiger partial charge on any atom is 0.168 e. The number of carbonyl (C=O) groups is 1. The Morgan fingerprint density at radius 2 is 1.61 bits per heavy atom. The summed E-state index contributed by atoms with van der Waals surface area (Å²) in [7, 11) is 0. The highest BCUT2D eigenvalue weighted by Gasteiger charge is 2.11. The number of hydrogen-bond donors (Lipinski definition) is 0. The maximum absolute atomic E-state index is 12.9. The van der Waals surface area contributed by atoms with Crippen molar-refractivity contribution in [1.82, 2.24) is 0 Å². The van der Waals surface area contributed by atoms with Gasteiger partial charge >= 0.3 is 0 Å². The van der Waals surface area contributed by atoms with Crippen molar-refractivity contribution in [2.75, 3.05) is 0 Å². The molecule has 0 aliphatic heterocycles. The number of hydrogen-bond acceptors (Lipinski definition) is 1. The van der Waals surface area contributed by atoms with E-state index in [4.69, 9.17) is 0 Å². The molecule has 0 saturated carbocycles. The second-order valence-electron chi connectivity index (χ2n) is 3.85. The summed E-state index contributed by atoms with van der Waals surface area (Å²) in [5.41, 5.74) is 1.22. The Morgan fingerprint density at radius 1 is 1.00 bits per heavy atom. The monoisotopic (exact) mass is 358 g/mol. The topological polar surface area (TPSA) is 17.1 Å². The minimum Gasteiger partial charge on any atom is -0.294 e. The SMILES string of the molecule is O=C(Cc1ccc(F)cc1)c1ccc(F)cc1I. The van der Waals surface area contributed by atoms with Gasteiger partial charge in [0, 0.05) is 15.6 Å². The summed E-state index contributed by atoms with van der Waals surface area (Å²) in [5.74, 6) is -0.800. The number of rotatable bonds is 3. The van der Waals surface area contributed by atoms with Crippen LogP contribution in [0.3, 0.4) is 0 Å². The molecule has 0 N–H and O–H groups in total. The molecule has 0 amide bonds. The molecule has 4 heteroatoms. The maximum atomic E-state index is 12.9. The third-order valence-electron chi connectivity index (χ3n) is 2.51. The van der Waals surface area contributed by atoms with Gasteiger partial charge in [0.15, 0.2) is 5.78 Å². The smallest absolute Gasteiger partial charge is 0.168 e. The molecule has 0 fully saturated rings. The zero-order valence-electron chi connectivity index (χ0n) is 9.29. The van der Waals surface area contributed by atoms with Crippen molar-refractivity contribution >= 4 is 28.4 Å². The molecule has 0 bridgehead atoms. The molecule has 2 rings (SSSR count). The first-order valence-corrected chi connectivity index (χ1v) is 6.37. The molecule has 0 aliphatic rings. The minimum atomic E-state index is -0.363. The van der Waals surface area contributed by atoms with Crippen LogP contribution in [0.4, 0.5) is 8.78 Å². The summed E-state index contributed by atoms with van der Waals surface area (Å²) in [6.45, 7) is 0. The van der Waals surface area contributed by atoms with E-state index in [0.29, 0.717) is 9.13 Å². The van der Waals surface area contributed by atoms with Gasteiger partial charge in [0.1, 0.15) is 11.6 Å². The molecule has 92 valence electrons. The first kappa shape index (κ1) is 13.1. The van der Waals surface area contributed by atoms with Gasteiger partial charge in [0.25, 0.3) is 0 Å². The van der Waals surface area contributed by atoms with Crippen molar-refractivity contribution in [2.45, 2.75) is 6.42 Å². The van der Waals surface area contributed by atoms with Crippen LogP contribution < -0.4 is 0 Å². The molecule has 2 aromatic carbocycles. The number of halogens is 3. The lowest BCUT2D eigenvalue weighted by Gasteiger charge is -2.04. The Hall–Kier alpha value is -1.30. The minimum absolute atomic E-state index is 0.106. The molecule has 0 spiro atoms. The summed E-state index contributed by atoms with van der Waals surface area (Å²) >= 11 is 1.93. The Labute approximate surface area is 117 Å². The second-order valence-corrected chi connectivity index (χ2v) is 5.01. The Bertz CT molecular complexity index is 579. The highest BCUT2D eigenvalue weighted by Crippen LogP contribution is 2.16. The van der Waals surface area contributed by atoms with Crippen LogP contribution in [0.1, 0.15) is 15.9 Å². The molecule has 0 aliphatic carbocycles. The fraction of sp³-hybridized carbons (Fsp3) is 0.0714. The highest BCUT2D eigenvalue weighted by atomic mass is 127. The van der Waals surface area contributed by atoms with E-state index in [9.17, 15) is 13.6 Å². The Kier molecular flexibility index (Phi) is 4.06. The Balaban J connectivity index is 2.19. The van der Waals surface area contributed by atoms with Crippen LogP contribution in [-0.2, 0) is 6.42 Å². The molecule has 0 atom stereocenters. The van der Waals surface area contributed by atoms with Crippen LogP contribution in [-0.4, -0.2) is 5.78 Å². The molecule has 2 aromatic rings. The van der Waals surface area contributed by atoms with Crippen molar-refractivity contribution < 1.29 is 13.6 Å². The van der Waals surface area contributed by atoms with Gasteiger partial charge in [-0.05, 0) is 58.5 Å². The van der Waals surface area contributed by atoms with Crippen LogP contribution in [0.5, 0.6) is 0 Å². The van der Waals surface area contributed by atoms with Crippen LogP contribution in [0.25, 0.3) is 0 Å². The van der Waals surface area contributed by atoms with Gasteiger partial charge in [-0.2, -0.15) is 0 Å². The summed E-state index contributed by atoms with van der Waals surface area (Å²) in [6, 6.07) is 9.84. The van der Waals surface area contributed by atoms with Crippen molar-refractivity contribution in [3.05, 3.63) is 68.8 Å². The lowest BCUT2D eigenvalue weighted by atomic mass is 10.0. The lowest BCUT2D eigenvalue weighted by molar-refractivity contribution is 0.0992. The predicted octanol–water partition coefficient (Wildman–Crippen LogP) is 3.99.